The van der Waals surface area contributed by atoms with Gasteiger partial charge < -0.3 is 11.1 Å². The molecule has 1 atom stereocenters. The van der Waals surface area contributed by atoms with Gasteiger partial charge in [0.15, 0.2) is 0 Å². The van der Waals surface area contributed by atoms with Gasteiger partial charge in [-0.05, 0) is 37.5 Å². The number of carbonyl (C=O) groups is 1. The molecular weight excluding hydrogens is 350 g/mol. The van der Waals surface area contributed by atoms with Crippen molar-refractivity contribution in [2.24, 2.45) is 5.73 Å². The molecule has 1 amide bonds. The van der Waals surface area contributed by atoms with E-state index >= 15 is 0 Å². The Morgan fingerprint density at radius 3 is 2.17 bits per heavy atom. The fourth-order valence-corrected chi connectivity index (χ4v) is 3.88. The van der Waals surface area contributed by atoms with Crippen LogP contribution in [-0.4, -0.2) is 37.3 Å². The molecule has 136 valence electrons. The number of sulfonamides is 1. The Hall–Kier alpha value is -1.15. The van der Waals surface area contributed by atoms with Crippen LogP contribution in [0.3, 0.4) is 0 Å². The second-order valence-electron chi connectivity index (χ2n) is 6.01. The zero-order chi connectivity index (χ0) is 17.3. The van der Waals surface area contributed by atoms with Crippen molar-refractivity contribution in [2.75, 3.05) is 13.1 Å². The highest BCUT2D eigenvalue weighted by atomic mass is 35.5. The molecule has 0 bridgehead atoms. The molecule has 0 aromatic heterocycles. The van der Waals surface area contributed by atoms with Gasteiger partial charge >= 0.3 is 0 Å². The first-order valence-corrected chi connectivity index (χ1v) is 9.38. The summed E-state index contributed by atoms with van der Waals surface area (Å²) >= 11 is 0. The maximum absolute atomic E-state index is 12.4. The summed E-state index contributed by atoms with van der Waals surface area (Å²) in [6, 6.07) is 6.42. The van der Waals surface area contributed by atoms with Crippen molar-refractivity contribution in [2.45, 2.75) is 50.1 Å². The van der Waals surface area contributed by atoms with Crippen LogP contribution in [0, 0.1) is 0 Å². The van der Waals surface area contributed by atoms with Gasteiger partial charge in [-0.3, -0.25) is 4.79 Å². The van der Waals surface area contributed by atoms with Crippen LogP contribution in [0.15, 0.2) is 29.2 Å². The third kappa shape index (κ3) is 4.27. The zero-order valence-corrected chi connectivity index (χ0v) is 15.9. The normalized spacial score (nSPS) is 17.0. The van der Waals surface area contributed by atoms with Crippen molar-refractivity contribution in [1.82, 2.24) is 9.62 Å². The largest absolute Gasteiger partial charge is 0.348 e. The van der Waals surface area contributed by atoms with Crippen LogP contribution in [0.25, 0.3) is 0 Å². The number of hydrogen-bond acceptors (Lipinski definition) is 4. The van der Waals surface area contributed by atoms with E-state index in [1.165, 1.54) is 4.31 Å². The second-order valence-corrected chi connectivity index (χ2v) is 7.95. The molecule has 1 fully saturated rings. The maximum atomic E-state index is 12.4. The Bertz CT molecular complexity index is 668. The van der Waals surface area contributed by atoms with Crippen LogP contribution in [0.1, 0.15) is 45.2 Å². The lowest BCUT2D eigenvalue weighted by molar-refractivity contribution is -0.123. The molecule has 1 aliphatic rings. The number of halogens is 1. The summed E-state index contributed by atoms with van der Waals surface area (Å²) in [5.41, 5.74) is 6.00. The second kappa shape index (κ2) is 7.82. The van der Waals surface area contributed by atoms with Gasteiger partial charge in [-0.25, -0.2) is 8.42 Å². The third-order valence-corrected chi connectivity index (χ3v) is 6.38. The van der Waals surface area contributed by atoms with E-state index in [0.29, 0.717) is 25.9 Å². The van der Waals surface area contributed by atoms with Crippen LogP contribution in [-0.2, 0) is 14.8 Å². The van der Waals surface area contributed by atoms with E-state index in [4.69, 9.17) is 5.73 Å². The highest BCUT2D eigenvalue weighted by Crippen LogP contribution is 2.33. The molecule has 1 unspecified atom stereocenters. The standard InChI is InChI=1S/C16H25N3O3S.ClH/c1-4-19(5-2)23(21,22)14-8-6-13(7-9-14)12(3)18-15(20)16(17)10-11-16;/h6-9,12H,4-5,10-11,17H2,1-3H3,(H,18,20);1H. The molecule has 24 heavy (non-hydrogen) atoms. The fourth-order valence-electron chi connectivity index (χ4n) is 2.43. The van der Waals surface area contributed by atoms with Crippen molar-refractivity contribution in [3.05, 3.63) is 29.8 Å². The molecule has 8 heteroatoms. The molecule has 0 heterocycles. The van der Waals surface area contributed by atoms with Crippen LogP contribution in [0.5, 0.6) is 0 Å². The van der Waals surface area contributed by atoms with Gasteiger partial charge in [0.2, 0.25) is 15.9 Å². The summed E-state index contributed by atoms with van der Waals surface area (Å²) in [7, 11) is -3.45. The average molecular weight is 376 g/mol. The highest BCUT2D eigenvalue weighted by molar-refractivity contribution is 7.89. The Kier molecular flexibility index (Phi) is 6.81. The van der Waals surface area contributed by atoms with E-state index in [9.17, 15) is 13.2 Å². The van der Waals surface area contributed by atoms with Gasteiger partial charge in [-0.15, -0.1) is 12.4 Å². The minimum atomic E-state index is -3.45. The third-order valence-electron chi connectivity index (χ3n) is 4.31. The van der Waals surface area contributed by atoms with Crippen LogP contribution >= 0.6 is 12.4 Å². The summed E-state index contributed by atoms with van der Waals surface area (Å²) in [5.74, 6) is -0.148. The summed E-state index contributed by atoms with van der Waals surface area (Å²) in [4.78, 5) is 12.2. The number of carbonyl (C=O) groups excluding carboxylic acids is 1. The number of rotatable bonds is 7. The zero-order valence-electron chi connectivity index (χ0n) is 14.3. The van der Waals surface area contributed by atoms with Gasteiger partial charge in [-0.2, -0.15) is 4.31 Å². The van der Waals surface area contributed by atoms with Gasteiger partial charge in [0.1, 0.15) is 0 Å². The van der Waals surface area contributed by atoms with Crippen molar-refractivity contribution in [3.8, 4) is 0 Å². The number of benzene rings is 1. The Morgan fingerprint density at radius 1 is 1.25 bits per heavy atom. The van der Waals surface area contributed by atoms with Gasteiger partial charge in [-0.1, -0.05) is 26.0 Å². The van der Waals surface area contributed by atoms with Crippen LogP contribution in [0.2, 0.25) is 0 Å². The molecule has 0 saturated heterocycles. The lowest BCUT2D eigenvalue weighted by atomic mass is 10.1. The molecule has 2 rings (SSSR count). The van der Waals surface area contributed by atoms with E-state index in [1.54, 1.807) is 24.3 Å². The van der Waals surface area contributed by atoms with Crippen LogP contribution < -0.4 is 11.1 Å². The predicted molar refractivity (Wildman–Crippen MR) is 96.5 cm³/mol. The van der Waals surface area contributed by atoms with Crippen LogP contribution in [0.4, 0.5) is 0 Å². The quantitative estimate of drug-likeness (QED) is 0.760. The Balaban J connectivity index is 0.00000288. The summed E-state index contributed by atoms with van der Waals surface area (Å²) in [6.07, 6.45) is 1.43. The fraction of sp³-hybridized carbons (Fsp3) is 0.562. The lowest BCUT2D eigenvalue weighted by Crippen LogP contribution is -2.43. The summed E-state index contributed by atoms with van der Waals surface area (Å²) in [5, 5.41) is 2.88. The number of nitrogens with two attached hydrogens (primary N) is 1. The van der Waals surface area contributed by atoms with Crippen molar-refractivity contribution in [1.29, 1.82) is 0 Å². The monoisotopic (exact) mass is 375 g/mol. The van der Waals surface area contributed by atoms with E-state index in [1.807, 2.05) is 20.8 Å². The predicted octanol–water partition coefficient (Wildman–Crippen LogP) is 1.81. The molecule has 0 spiro atoms. The Morgan fingerprint density at radius 2 is 1.75 bits per heavy atom. The summed E-state index contributed by atoms with van der Waals surface area (Å²) < 4.78 is 26.3. The SMILES string of the molecule is CCN(CC)S(=O)(=O)c1ccc(C(C)NC(=O)C2(N)CC2)cc1.Cl. The van der Waals surface area contributed by atoms with Gasteiger partial charge in [0.25, 0.3) is 0 Å². The van der Waals surface area contributed by atoms with Crippen molar-refractivity contribution in [3.63, 3.8) is 0 Å². The van der Waals surface area contributed by atoms with E-state index in [-0.39, 0.29) is 29.3 Å². The molecule has 1 aliphatic carbocycles. The van der Waals surface area contributed by atoms with E-state index < -0.39 is 15.6 Å². The molecule has 6 nitrogen and oxygen atoms in total. The number of amides is 1. The first-order valence-electron chi connectivity index (χ1n) is 7.94. The maximum Gasteiger partial charge on any atom is 0.243 e. The molecule has 0 aliphatic heterocycles. The molecule has 1 aromatic rings. The first-order chi connectivity index (χ1) is 10.7. The smallest absolute Gasteiger partial charge is 0.243 e. The molecular formula is C16H26ClN3O3S. The van der Waals surface area contributed by atoms with Crippen molar-refractivity contribution >= 4 is 28.3 Å². The van der Waals surface area contributed by atoms with Gasteiger partial charge in [0.05, 0.1) is 16.5 Å². The minimum absolute atomic E-state index is 0. The lowest BCUT2D eigenvalue weighted by Gasteiger charge is -2.20. The van der Waals surface area contributed by atoms with Crippen molar-refractivity contribution < 1.29 is 13.2 Å². The van der Waals surface area contributed by atoms with E-state index in [0.717, 1.165) is 5.56 Å². The minimum Gasteiger partial charge on any atom is -0.348 e. The number of nitrogens with one attached hydrogen (secondary N) is 1. The molecule has 3 N–H and O–H groups in total. The molecule has 0 radical (unpaired) electrons. The molecule has 1 saturated carbocycles. The topological polar surface area (TPSA) is 92.5 Å². The van der Waals surface area contributed by atoms with E-state index in [2.05, 4.69) is 5.32 Å². The summed E-state index contributed by atoms with van der Waals surface area (Å²) in [6.45, 7) is 6.36. The first kappa shape index (κ1) is 20.9. The van der Waals surface area contributed by atoms with Gasteiger partial charge in [0, 0.05) is 13.1 Å². The average Bonchev–Trinajstić information content (AvgIpc) is 3.27. The highest BCUT2D eigenvalue weighted by Gasteiger charge is 2.46. The number of hydrogen-bond donors (Lipinski definition) is 2. The number of nitrogens with zero attached hydrogens (tertiary/aromatic N) is 1. The molecule has 1 aromatic carbocycles. The Labute approximate surface area is 150 Å².